The largest absolute Gasteiger partial charge is 0.323 e. The number of hydrogen-bond acceptors (Lipinski definition) is 2. The van der Waals surface area contributed by atoms with Gasteiger partial charge in [0.05, 0.1) is 23.2 Å². The summed E-state index contributed by atoms with van der Waals surface area (Å²) in [5.74, 6) is 0. The fourth-order valence-electron chi connectivity index (χ4n) is 1.64. The van der Waals surface area contributed by atoms with E-state index in [0.717, 1.165) is 22.3 Å². The predicted molar refractivity (Wildman–Crippen MR) is 73.5 cm³/mol. The van der Waals surface area contributed by atoms with Gasteiger partial charge in [-0.2, -0.15) is 0 Å². The zero-order chi connectivity index (χ0) is 12.4. The normalized spacial score (nSPS) is 12.7. The Hall–Kier alpha value is -0.840. The van der Waals surface area contributed by atoms with E-state index in [1.54, 1.807) is 12.5 Å². The molecule has 0 aliphatic rings. The predicted octanol–water partition coefficient (Wildman–Crippen LogP) is 3.70. The molecule has 0 spiro atoms. The summed E-state index contributed by atoms with van der Waals surface area (Å²) in [7, 11) is 0. The monoisotopic (exact) mass is 313 g/mol. The summed E-state index contributed by atoms with van der Waals surface area (Å²) in [4.78, 5) is 4.15. The van der Waals surface area contributed by atoms with Crippen LogP contribution in [0.3, 0.4) is 0 Å². The molecular weight excluding hydrogens is 302 g/mol. The molecule has 0 aliphatic carbocycles. The molecule has 2 rings (SSSR count). The van der Waals surface area contributed by atoms with Gasteiger partial charge in [0.15, 0.2) is 0 Å². The van der Waals surface area contributed by atoms with Crippen molar-refractivity contribution in [3.8, 4) is 5.69 Å². The third-order valence-corrected chi connectivity index (χ3v) is 3.90. The summed E-state index contributed by atoms with van der Waals surface area (Å²) in [6, 6.07) is 5.77. The van der Waals surface area contributed by atoms with Crippen LogP contribution in [-0.4, -0.2) is 9.55 Å². The maximum absolute atomic E-state index is 6.08. The van der Waals surface area contributed by atoms with E-state index in [2.05, 4.69) is 27.8 Å². The van der Waals surface area contributed by atoms with Gasteiger partial charge >= 0.3 is 0 Å². The lowest BCUT2D eigenvalue weighted by atomic mass is 10.2. The molecule has 90 valence electrons. The van der Waals surface area contributed by atoms with Gasteiger partial charge in [-0.1, -0.05) is 18.5 Å². The van der Waals surface area contributed by atoms with Crippen molar-refractivity contribution < 1.29 is 0 Å². The Balaban J connectivity index is 2.46. The van der Waals surface area contributed by atoms with Gasteiger partial charge in [-0.05, 0) is 40.5 Å². The SMILES string of the molecule is CC[C@@H](N)c1cncn1-c1ccc(Br)c(Cl)c1. The van der Waals surface area contributed by atoms with E-state index in [1.165, 1.54) is 0 Å². The fourth-order valence-corrected chi connectivity index (χ4v) is 2.06. The smallest absolute Gasteiger partial charge is 0.0994 e. The summed E-state index contributed by atoms with van der Waals surface area (Å²) in [5.41, 5.74) is 8.00. The second kappa shape index (κ2) is 5.21. The lowest BCUT2D eigenvalue weighted by Gasteiger charge is -2.13. The first kappa shape index (κ1) is 12.6. The minimum absolute atomic E-state index is 0.0140. The average Bonchev–Trinajstić information content (AvgIpc) is 2.80. The quantitative estimate of drug-likeness (QED) is 0.939. The van der Waals surface area contributed by atoms with Gasteiger partial charge in [-0.3, -0.25) is 0 Å². The molecule has 0 amide bonds. The molecule has 3 nitrogen and oxygen atoms in total. The first-order valence-electron chi connectivity index (χ1n) is 5.36. The van der Waals surface area contributed by atoms with Crippen LogP contribution in [0.4, 0.5) is 0 Å². The maximum Gasteiger partial charge on any atom is 0.0994 e. The second-order valence-corrected chi connectivity index (χ2v) is 5.06. The summed E-state index contributed by atoms with van der Waals surface area (Å²) in [6.07, 6.45) is 4.42. The van der Waals surface area contributed by atoms with Crippen molar-refractivity contribution in [2.24, 2.45) is 5.73 Å². The summed E-state index contributed by atoms with van der Waals surface area (Å²) >= 11 is 9.46. The maximum atomic E-state index is 6.08. The van der Waals surface area contributed by atoms with Gasteiger partial charge in [-0.25, -0.2) is 4.98 Å². The van der Waals surface area contributed by atoms with Gasteiger partial charge in [0.2, 0.25) is 0 Å². The lowest BCUT2D eigenvalue weighted by molar-refractivity contribution is 0.660. The van der Waals surface area contributed by atoms with Crippen LogP contribution in [0, 0.1) is 0 Å². The van der Waals surface area contributed by atoms with Gasteiger partial charge in [0, 0.05) is 16.2 Å². The van der Waals surface area contributed by atoms with Crippen molar-refractivity contribution in [1.82, 2.24) is 9.55 Å². The zero-order valence-corrected chi connectivity index (χ0v) is 11.7. The van der Waals surface area contributed by atoms with Crippen molar-refractivity contribution in [2.45, 2.75) is 19.4 Å². The molecule has 1 heterocycles. The molecule has 0 fully saturated rings. The molecule has 1 aromatic heterocycles. The lowest BCUT2D eigenvalue weighted by Crippen LogP contribution is -2.13. The van der Waals surface area contributed by atoms with Crippen LogP contribution in [-0.2, 0) is 0 Å². The molecule has 0 radical (unpaired) electrons. The van der Waals surface area contributed by atoms with Crippen LogP contribution in [0.15, 0.2) is 35.2 Å². The van der Waals surface area contributed by atoms with Crippen LogP contribution in [0.2, 0.25) is 5.02 Å². The Kier molecular flexibility index (Phi) is 3.86. The Labute approximate surface area is 114 Å². The molecule has 0 aliphatic heterocycles. The van der Waals surface area contributed by atoms with E-state index in [0.29, 0.717) is 5.02 Å². The van der Waals surface area contributed by atoms with E-state index >= 15 is 0 Å². The van der Waals surface area contributed by atoms with E-state index < -0.39 is 0 Å². The Bertz CT molecular complexity index is 524. The number of rotatable bonds is 3. The van der Waals surface area contributed by atoms with Crippen LogP contribution >= 0.6 is 27.5 Å². The number of benzene rings is 1. The molecule has 0 unspecified atom stereocenters. The number of nitrogens with zero attached hydrogens (tertiary/aromatic N) is 2. The van der Waals surface area contributed by atoms with Gasteiger partial charge in [0.1, 0.15) is 0 Å². The molecule has 0 saturated heterocycles. The second-order valence-electron chi connectivity index (χ2n) is 3.80. The van der Waals surface area contributed by atoms with Crippen LogP contribution in [0.1, 0.15) is 25.1 Å². The number of nitrogens with two attached hydrogens (primary N) is 1. The highest BCUT2D eigenvalue weighted by molar-refractivity contribution is 9.10. The van der Waals surface area contributed by atoms with Crippen molar-refractivity contribution >= 4 is 27.5 Å². The Morgan fingerprint density at radius 3 is 2.94 bits per heavy atom. The zero-order valence-electron chi connectivity index (χ0n) is 9.40. The molecular formula is C12H13BrClN3. The minimum Gasteiger partial charge on any atom is -0.323 e. The third kappa shape index (κ3) is 2.54. The molecule has 17 heavy (non-hydrogen) atoms. The van der Waals surface area contributed by atoms with E-state index in [-0.39, 0.29) is 6.04 Å². The molecule has 5 heteroatoms. The van der Waals surface area contributed by atoms with Crippen LogP contribution < -0.4 is 5.73 Å². The fraction of sp³-hybridized carbons (Fsp3) is 0.250. The van der Waals surface area contributed by atoms with Crippen molar-refractivity contribution in [2.75, 3.05) is 0 Å². The van der Waals surface area contributed by atoms with Crippen LogP contribution in [0.5, 0.6) is 0 Å². The molecule has 1 aromatic carbocycles. The van der Waals surface area contributed by atoms with Gasteiger partial charge < -0.3 is 10.3 Å². The van der Waals surface area contributed by atoms with Crippen molar-refractivity contribution in [3.05, 3.63) is 45.9 Å². The molecule has 1 atom stereocenters. The highest BCUT2D eigenvalue weighted by atomic mass is 79.9. The first-order chi connectivity index (χ1) is 8.13. The van der Waals surface area contributed by atoms with E-state index in [9.17, 15) is 0 Å². The highest BCUT2D eigenvalue weighted by Gasteiger charge is 2.11. The topological polar surface area (TPSA) is 43.8 Å². The van der Waals surface area contributed by atoms with E-state index in [4.69, 9.17) is 17.3 Å². The van der Waals surface area contributed by atoms with Crippen molar-refractivity contribution in [3.63, 3.8) is 0 Å². The standard InChI is InChI=1S/C12H13BrClN3/c1-2-11(15)12-6-16-7-17(12)8-3-4-9(13)10(14)5-8/h3-7,11H,2,15H2,1H3/t11-/m1/s1. The van der Waals surface area contributed by atoms with Crippen LogP contribution in [0.25, 0.3) is 5.69 Å². The number of hydrogen-bond donors (Lipinski definition) is 1. The van der Waals surface area contributed by atoms with Gasteiger partial charge in [-0.15, -0.1) is 0 Å². The van der Waals surface area contributed by atoms with Gasteiger partial charge in [0.25, 0.3) is 0 Å². The molecule has 2 aromatic rings. The molecule has 0 bridgehead atoms. The number of imidazole rings is 1. The molecule has 0 saturated carbocycles. The number of halogens is 2. The first-order valence-corrected chi connectivity index (χ1v) is 6.53. The minimum atomic E-state index is -0.0140. The average molecular weight is 315 g/mol. The Morgan fingerprint density at radius 1 is 1.53 bits per heavy atom. The summed E-state index contributed by atoms with van der Waals surface area (Å²) < 4.78 is 2.84. The summed E-state index contributed by atoms with van der Waals surface area (Å²) in [6.45, 7) is 2.05. The number of aromatic nitrogens is 2. The molecule has 2 N–H and O–H groups in total. The third-order valence-electron chi connectivity index (χ3n) is 2.67. The van der Waals surface area contributed by atoms with Crippen molar-refractivity contribution in [1.29, 1.82) is 0 Å². The highest BCUT2D eigenvalue weighted by Crippen LogP contribution is 2.26. The summed E-state index contributed by atoms with van der Waals surface area (Å²) in [5, 5.41) is 0.673. The Morgan fingerprint density at radius 2 is 2.29 bits per heavy atom. The van der Waals surface area contributed by atoms with E-state index in [1.807, 2.05) is 22.8 Å².